The summed E-state index contributed by atoms with van der Waals surface area (Å²) in [6, 6.07) is 0. The Kier molecular flexibility index (Phi) is 4.19. The maximum Gasteiger partial charge on any atom is 0.334 e. The number of carboxylic acid groups (broad SMARTS) is 1. The second-order valence-corrected chi connectivity index (χ2v) is 7.55. The van der Waals surface area contributed by atoms with Crippen molar-refractivity contribution in [2.45, 2.75) is 32.0 Å². The number of ether oxygens (including phenoxy) is 1. The van der Waals surface area contributed by atoms with Gasteiger partial charge in [0.2, 0.25) is 0 Å². The molecule has 2 rings (SSSR count). The van der Waals surface area contributed by atoms with Crippen LogP contribution in [0.1, 0.15) is 20.3 Å². The summed E-state index contributed by atoms with van der Waals surface area (Å²) in [5.41, 5.74) is -0.819. The number of hydrogen-bond donors (Lipinski definition) is 1. The van der Waals surface area contributed by atoms with Gasteiger partial charge < -0.3 is 9.84 Å². The molecule has 0 amide bonds. The summed E-state index contributed by atoms with van der Waals surface area (Å²) in [6.07, 6.45) is 3.29. The molecule has 1 N–H and O–H groups in total. The largest absolute Gasteiger partial charge is 0.479 e. The average molecular weight is 304 g/mol. The van der Waals surface area contributed by atoms with Gasteiger partial charge in [0.05, 0.1) is 12.1 Å². The van der Waals surface area contributed by atoms with Gasteiger partial charge in [0, 0.05) is 19.6 Å². The topological polar surface area (TPSA) is 87.2 Å². The Balaban J connectivity index is 2.21. The van der Waals surface area contributed by atoms with Crippen LogP contribution in [0.2, 0.25) is 0 Å². The van der Waals surface area contributed by atoms with E-state index in [4.69, 9.17) is 9.84 Å². The summed E-state index contributed by atoms with van der Waals surface area (Å²) >= 11 is 0. The van der Waals surface area contributed by atoms with Gasteiger partial charge in [0.15, 0.2) is 6.10 Å². The summed E-state index contributed by atoms with van der Waals surface area (Å²) in [7, 11) is -3.65. The van der Waals surface area contributed by atoms with Crippen LogP contribution >= 0.6 is 0 Å². The predicted molar refractivity (Wildman–Crippen MR) is 72.4 cm³/mol. The van der Waals surface area contributed by atoms with Crippen molar-refractivity contribution in [1.82, 2.24) is 8.61 Å². The van der Waals surface area contributed by atoms with Crippen molar-refractivity contribution in [3.8, 4) is 0 Å². The predicted octanol–water partition coefficient (Wildman–Crippen LogP) is 0.0571. The summed E-state index contributed by atoms with van der Waals surface area (Å²) in [4.78, 5) is 11.1. The van der Waals surface area contributed by atoms with Crippen LogP contribution in [0.3, 0.4) is 0 Å². The van der Waals surface area contributed by atoms with E-state index in [0.29, 0.717) is 19.5 Å². The van der Waals surface area contributed by atoms with E-state index in [1.165, 1.54) is 8.61 Å². The van der Waals surface area contributed by atoms with Crippen LogP contribution in [0.25, 0.3) is 0 Å². The van der Waals surface area contributed by atoms with Crippen molar-refractivity contribution < 1.29 is 23.1 Å². The number of nitrogens with zero attached hydrogens (tertiary/aromatic N) is 2. The fraction of sp³-hybridized carbons (Fsp3) is 0.750. The molecule has 0 aliphatic carbocycles. The maximum atomic E-state index is 12.6. The maximum absolute atomic E-state index is 12.6. The molecule has 114 valence electrons. The molecule has 8 heteroatoms. The fourth-order valence-electron chi connectivity index (χ4n) is 2.43. The second kappa shape index (κ2) is 5.44. The van der Waals surface area contributed by atoms with E-state index in [0.717, 1.165) is 0 Å². The molecule has 0 spiro atoms. The molecule has 0 saturated carbocycles. The number of aliphatic carboxylic acids is 1. The average Bonchev–Trinajstić information content (AvgIpc) is 2.37. The Morgan fingerprint density at radius 3 is 2.60 bits per heavy atom. The van der Waals surface area contributed by atoms with Crippen LogP contribution in [0.15, 0.2) is 12.2 Å². The van der Waals surface area contributed by atoms with Gasteiger partial charge in [0.1, 0.15) is 0 Å². The first-order valence-corrected chi connectivity index (χ1v) is 7.93. The van der Waals surface area contributed by atoms with E-state index in [-0.39, 0.29) is 13.1 Å². The monoisotopic (exact) mass is 304 g/mol. The van der Waals surface area contributed by atoms with Crippen LogP contribution in [0.4, 0.5) is 0 Å². The Labute approximate surface area is 119 Å². The molecule has 0 aromatic rings. The minimum atomic E-state index is -3.65. The van der Waals surface area contributed by atoms with E-state index in [9.17, 15) is 13.2 Å². The first-order chi connectivity index (χ1) is 9.22. The molecule has 0 radical (unpaired) electrons. The molecule has 1 fully saturated rings. The minimum absolute atomic E-state index is 0.151. The van der Waals surface area contributed by atoms with Gasteiger partial charge in [0.25, 0.3) is 10.2 Å². The highest BCUT2D eigenvalue weighted by molar-refractivity contribution is 7.86. The summed E-state index contributed by atoms with van der Waals surface area (Å²) in [6.45, 7) is 4.15. The van der Waals surface area contributed by atoms with Crippen LogP contribution in [-0.2, 0) is 19.7 Å². The third-order valence-electron chi connectivity index (χ3n) is 3.34. The molecule has 0 aromatic carbocycles. The Hall–Kier alpha value is -0.960. The highest BCUT2D eigenvalue weighted by atomic mass is 32.2. The van der Waals surface area contributed by atoms with E-state index < -0.39 is 27.9 Å². The van der Waals surface area contributed by atoms with E-state index in [2.05, 4.69) is 0 Å². The first-order valence-electron chi connectivity index (χ1n) is 6.53. The standard InChI is InChI=1S/C12H20N2O5S/c1-12(2)9-14(8-10(19-12)11(15)16)20(17,18)13-6-4-3-5-7-13/h3-4,10H,5-9H2,1-2H3,(H,15,16). The Morgan fingerprint density at radius 1 is 1.35 bits per heavy atom. The third-order valence-corrected chi connectivity index (χ3v) is 5.25. The number of carbonyl (C=O) groups is 1. The molecule has 0 aromatic heterocycles. The number of carboxylic acids is 1. The normalized spacial score (nSPS) is 28.4. The van der Waals surface area contributed by atoms with Crippen molar-refractivity contribution in [3.63, 3.8) is 0 Å². The Bertz CT molecular complexity index is 514. The molecule has 2 heterocycles. The summed E-state index contributed by atoms with van der Waals surface area (Å²) in [5.74, 6) is -1.14. The molecule has 2 aliphatic heterocycles. The lowest BCUT2D eigenvalue weighted by Crippen LogP contribution is -2.59. The smallest absolute Gasteiger partial charge is 0.334 e. The lowest BCUT2D eigenvalue weighted by atomic mass is 10.1. The van der Waals surface area contributed by atoms with Crippen LogP contribution < -0.4 is 0 Å². The second-order valence-electron chi connectivity index (χ2n) is 5.62. The Morgan fingerprint density at radius 2 is 2.05 bits per heavy atom. The van der Waals surface area contributed by atoms with Gasteiger partial charge in [-0.05, 0) is 20.3 Å². The zero-order valence-corrected chi connectivity index (χ0v) is 12.5. The van der Waals surface area contributed by atoms with Crippen molar-refractivity contribution in [2.75, 3.05) is 26.2 Å². The molecule has 0 bridgehead atoms. The van der Waals surface area contributed by atoms with Gasteiger partial charge in [-0.3, -0.25) is 0 Å². The highest BCUT2D eigenvalue weighted by Gasteiger charge is 2.43. The van der Waals surface area contributed by atoms with Gasteiger partial charge in [-0.1, -0.05) is 12.2 Å². The molecule has 20 heavy (non-hydrogen) atoms. The SMILES string of the molecule is CC1(C)CN(S(=O)(=O)N2CC=CCC2)CC(C(=O)O)O1. The fourth-order valence-corrected chi connectivity index (χ4v) is 4.17. The third kappa shape index (κ3) is 3.20. The van der Waals surface area contributed by atoms with E-state index in [1.807, 2.05) is 6.08 Å². The molecular weight excluding hydrogens is 284 g/mol. The molecule has 1 atom stereocenters. The number of hydrogen-bond acceptors (Lipinski definition) is 4. The van der Waals surface area contributed by atoms with Crippen molar-refractivity contribution in [1.29, 1.82) is 0 Å². The molecular formula is C12H20N2O5S. The first kappa shape index (κ1) is 15.4. The highest BCUT2D eigenvalue weighted by Crippen LogP contribution is 2.25. The zero-order chi connectivity index (χ0) is 15.0. The molecule has 7 nitrogen and oxygen atoms in total. The minimum Gasteiger partial charge on any atom is -0.479 e. The quantitative estimate of drug-likeness (QED) is 0.745. The van der Waals surface area contributed by atoms with Crippen molar-refractivity contribution in [3.05, 3.63) is 12.2 Å². The van der Waals surface area contributed by atoms with Gasteiger partial charge in [-0.2, -0.15) is 17.0 Å². The van der Waals surface area contributed by atoms with E-state index >= 15 is 0 Å². The summed E-state index contributed by atoms with van der Waals surface area (Å²) in [5, 5.41) is 9.09. The van der Waals surface area contributed by atoms with Gasteiger partial charge in [-0.15, -0.1) is 0 Å². The lowest BCUT2D eigenvalue weighted by molar-refractivity contribution is -0.172. The molecule has 1 unspecified atom stereocenters. The van der Waals surface area contributed by atoms with Gasteiger partial charge >= 0.3 is 5.97 Å². The van der Waals surface area contributed by atoms with Crippen LogP contribution in [0.5, 0.6) is 0 Å². The van der Waals surface area contributed by atoms with Crippen LogP contribution in [0, 0.1) is 0 Å². The van der Waals surface area contributed by atoms with Crippen molar-refractivity contribution in [2.24, 2.45) is 0 Å². The van der Waals surface area contributed by atoms with Crippen LogP contribution in [-0.4, -0.2) is 66.0 Å². The number of rotatable bonds is 3. The van der Waals surface area contributed by atoms with E-state index in [1.54, 1.807) is 19.9 Å². The lowest BCUT2D eigenvalue weighted by Gasteiger charge is -2.42. The summed E-state index contributed by atoms with van der Waals surface area (Å²) < 4.78 is 33.1. The number of morpholine rings is 1. The zero-order valence-electron chi connectivity index (χ0n) is 11.7. The molecule has 1 saturated heterocycles. The van der Waals surface area contributed by atoms with Gasteiger partial charge in [-0.25, -0.2) is 4.79 Å². The molecule has 2 aliphatic rings. The van der Waals surface area contributed by atoms with Crippen molar-refractivity contribution >= 4 is 16.2 Å².